The zero-order valence-electron chi connectivity index (χ0n) is 20.7. The predicted octanol–water partition coefficient (Wildman–Crippen LogP) is 3.50. The number of likely N-dealkylation sites (tertiary alicyclic amines) is 1. The fourth-order valence-electron chi connectivity index (χ4n) is 4.98. The van der Waals surface area contributed by atoms with Gasteiger partial charge in [-0.25, -0.2) is 13.6 Å². The van der Waals surface area contributed by atoms with Gasteiger partial charge in [-0.05, 0) is 37.1 Å². The van der Waals surface area contributed by atoms with Gasteiger partial charge in [0.1, 0.15) is 23.2 Å². The van der Waals surface area contributed by atoms with E-state index in [0.717, 1.165) is 18.2 Å². The molecule has 14 heteroatoms. The summed E-state index contributed by atoms with van der Waals surface area (Å²) in [5, 5.41) is 15.2. The Morgan fingerprint density at radius 2 is 2.03 bits per heavy atom. The fourth-order valence-corrected chi connectivity index (χ4v) is 4.98. The number of nitrogens with one attached hydrogen (secondary N) is 1. The van der Waals surface area contributed by atoms with Crippen molar-refractivity contribution in [2.24, 2.45) is 0 Å². The molecule has 10 nitrogen and oxygen atoms in total. The van der Waals surface area contributed by atoms with Crippen molar-refractivity contribution in [3.8, 4) is 17.0 Å². The molecule has 1 N–H and O–H groups in total. The highest BCUT2D eigenvalue weighted by Crippen LogP contribution is 2.35. The smallest absolute Gasteiger partial charge is 0.410 e. The minimum absolute atomic E-state index is 0.223. The van der Waals surface area contributed by atoms with Crippen molar-refractivity contribution in [1.29, 1.82) is 0 Å². The molecule has 0 aliphatic carbocycles. The number of hydrogen-bond donors (Lipinski definition) is 1. The average molecular weight is 535 g/mol. The number of hydrogen-bond acceptors (Lipinski definition) is 8. The molecule has 0 radical (unpaired) electrons. The number of nitrogens with zero attached hydrogens (tertiary/aromatic N) is 7. The SMILES string of the molecule is COc1nc(N[C@@H]2CCN(C3COC3)C[C@H]2F)nn2ccc(-c3ccc4nnn([C@H](C)C(F)(F)F)c4c3)c12. The van der Waals surface area contributed by atoms with E-state index in [9.17, 15) is 17.6 Å². The summed E-state index contributed by atoms with van der Waals surface area (Å²) in [5.41, 5.74) is 2.40. The highest BCUT2D eigenvalue weighted by molar-refractivity contribution is 5.89. The summed E-state index contributed by atoms with van der Waals surface area (Å²) < 4.78 is 68.3. The molecule has 2 aliphatic heterocycles. The summed E-state index contributed by atoms with van der Waals surface area (Å²) in [4.78, 5) is 6.59. The Bertz CT molecular complexity index is 1470. The number of benzene rings is 1. The van der Waals surface area contributed by atoms with E-state index >= 15 is 0 Å². The molecule has 2 aliphatic rings. The van der Waals surface area contributed by atoms with Crippen molar-refractivity contribution < 1.29 is 27.0 Å². The molecule has 2 fully saturated rings. The van der Waals surface area contributed by atoms with Gasteiger partial charge in [0.25, 0.3) is 0 Å². The van der Waals surface area contributed by atoms with Gasteiger partial charge in [0.2, 0.25) is 11.8 Å². The monoisotopic (exact) mass is 534 g/mol. The van der Waals surface area contributed by atoms with Gasteiger partial charge in [-0.1, -0.05) is 11.3 Å². The maximum absolute atomic E-state index is 15.0. The number of methoxy groups -OCH3 is 1. The van der Waals surface area contributed by atoms with E-state index in [0.29, 0.717) is 48.3 Å². The maximum atomic E-state index is 15.0. The zero-order chi connectivity index (χ0) is 26.6. The molecule has 6 rings (SSSR count). The first-order valence-corrected chi connectivity index (χ1v) is 12.3. The summed E-state index contributed by atoms with van der Waals surface area (Å²) >= 11 is 0. The van der Waals surface area contributed by atoms with Gasteiger partial charge in [0, 0.05) is 24.8 Å². The molecule has 3 atom stereocenters. The Balaban J connectivity index is 1.30. The summed E-state index contributed by atoms with van der Waals surface area (Å²) in [6.07, 6.45) is -3.28. The van der Waals surface area contributed by atoms with Crippen LogP contribution >= 0.6 is 0 Å². The third kappa shape index (κ3) is 4.30. The standard InChI is InChI=1S/C24H26F4N8O2/c1-13(24(26,27)28)36-20-9-14(3-4-19(20)31-33-36)16-5-8-35-21(16)22(37-2)30-23(32-35)29-18-6-7-34(10-17(18)25)15-11-38-12-15/h3-5,8-9,13,15,17-18H,6-7,10-12H2,1-2H3,(H,29,32)/t13-,17-,18-/m1/s1. The molecule has 0 saturated carbocycles. The molecule has 0 unspecified atom stereocenters. The number of halogens is 4. The van der Waals surface area contributed by atoms with Crippen LogP contribution in [0.2, 0.25) is 0 Å². The molecule has 2 saturated heterocycles. The number of fused-ring (bicyclic) bond motifs is 2. The fraction of sp³-hybridized carbons (Fsp3) is 0.500. The van der Waals surface area contributed by atoms with Gasteiger partial charge < -0.3 is 14.8 Å². The molecule has 0 bridgehead atoms. The predicted molar refractivity (Wildman–Crippen MR) is 130 cm³/mol. The van der Waals surface area contributed by atoms with E-state index in [-0.39, 0.29) is 23.4 Å². The van der Waals surface area contributed by atoms with E-state index in [1.165, 1.54) is 7.11 Å². The van der Waals surface area contributed by atoms with Crippen molar-refractivity contribution in [3.63, 3.8) is 0 Å². The number of piperidine rings is 1. The van der Waals surface area contributed by atoms with Crippen LogP contribution < -0.4 is 10.1 Å². The molecule has 0 amide bonds. The first-order valence-electron chi connectivity index (χ1n) is 12.3. The highest BCUT2D eigenvalue weighted by Gasteiger charge is 2.39. The van der Waals surface area contributed by atoms with E-state index in [1.807, 2.05) is 0 Å². The number of rotatable bonds is 6. The lowest BCUT2D eigenvalue weighted by Crippen LogP contribution is -2.57. The first kappa shape index (κ1) is 24.8. The van der Waals surface area contributed by atoms with Crippen LogP contribution in [0, 0.1) is 0 Å². The Morgan fingerprint density at radius 1 is 1.21 bits per heavy atom. The van der Waals surface area contributed by atoms with Gasteiger partial charge in [0.05, 0.1) is 37.9 Å². The highest BCUT2D eigenvalue weighted by atomic mass is 19.4. The number of alkyl halides is 4. The van der Waals surface area contributed by atoms with Crippen LogP contribution in [0.1, 0.15) is 19.4 Å². The molecular formula is C24H26F4N8O2. The first-order chi connectivity index (χ1) is 18.2. The second-order valence-corrected chi connectivity index (χ2v) is 9.66. The van der Waals surface area contributed by atoms with Gasteiger partial charge >= 0.3 is 6.18 Å². The lowest BCUT2D eigenvalue weighted by Gasteiger charge is -2.42. The van der Waals surface area contributed by atoms with Crippen LogP contribution in [-0.2, 0) is 4.74 Å². The van der Waals surface area contributed by atoms with Crippen molar-refractivity contribution in [2.45, 2.75) is 43.8 Å². The molecule has 1 aromatic carbocycles. The molecule has 202 valence electrons. The largest absolute Gasteiger partial charge is 0.479 e. The van der Waals surface area contributed by atoms with Crippen LogP contribution in [0.4, 0.5) is 23.5 Å². The third-order valence-corrected chi connectivity index (χ3v) is 7.32. The van der Waals surface area contributed by atoms with Crippen molar-refractivity contribution in [1.82, 2.24) is 34.5 Å². The van der Waals surface area contributed by atoms with E-state index < -0.39 is 24.4 Å². The molecule has 3 aromatic heterocycles. The Morgan fingerprint density at radius 3 is 2.71 bits per heavy atom. The minimum atomic E-state index is -4.47. The molecule has 38 heavy (non-hydrogen) atoms. The van der Waals surface area contributed by atoms with Crippen LogP contribution in [0.5, 0.6) is 5.88 Å². The van der Waals surface area contributed by atoms with Gasteiger partial charge in [-0.15, -0.1) is 10.2 Å². The Hall–Kier alpha value is -3.52. The number of ether oxygens (including phenoxy) is 2. The molecule has 5 heterocycles. The number of aromatic nitrogens is 6. The number of anilines is 1. The topological polar surface area (TPSA) is 94.6 Å². The van der Waals surface area contributed by atoms with Gasteiger partial charge in [-0.3, -0.25) is 4.90 Å². The molecule has 0 spiro atoms. The summed E-state index contributed by atoms with van der Waals surface area (Å²) in [6, 6.07) is 4.74. The van der Waals surface area contributed by atoms with Crippen molar-refractivity contribution >= 4 is 22.5 Å². The zero-order valence-corrected chi connectivity index (χ0v) is 20.7. The Labute approximate surface area is 214 Å². The van der Waals surface area contributed by atoms with Crippen molar-refractivity contribution in [2.75, 3.05) is 38.7 Å². The lowest BCUT2D eigenvalue weighted by molar-refractivity contribution is -0.164. The minimum Gasteiger partial charge on any atom is -0.479 e. The Kier molecular flexibility index (Phi) is 6.10. The van der Waals surface area contributed by atoms with Crippen LogP contribution in [0.15, 0.2) is 30.5 Å². The molecular weight excluding hydrogens is 508 g/mol. The second kappa shape index (κ2) is 9.34. The maximum Gasteiger partial charge on any atom is 0.410 e. The second-order valence-electron chi connectivity index (χ2n) is 9.66. The van der Waals surface area contributed by atoms with Crippen LogP contribution in [0.25, 0.3) is 27.7 Å². The summed E-state index contributed by atoms with van der Waals surface area (Å²) in [5.74, 6) is 0.471. The third-order valence-electron chi connectivity index (χ3n) is 7.32. The van der Waals surface area contributed by atoms with Crippen LogP contribution in [0.3, 0.4) is 0 Å². The van der Waals surface area contributed by atoms with E-state index in [2.05, 4.69) is 30.6 Å². The quantitative estimate of drug-likeness (QED) is 0.376. The van der Waals surface area contributed by atoms with Crippen molar-refractivity contribution in [3.05, 3.63) is 30.5 Å². The molecule has 4 aromatic rings. The van der Waals surface area contributed by atoms with E-state index in [1.54, 1.807) is 35.0 Å². The van der Waals surface area contributed by atoms with Gasteiger partial charge in [0.15, 0.2) is 0 Å². The summed E-state index contributed by atoms with van der Waals surface area (Å²) in [6.45, 7) is 3.39. The normalized spacial score (nSPS) is 22.1. The van der Waals surface area contributed by atoms with Crippen LogP contribution in [-0.4, -0.2) is 92.3 Å². The lowest BCUT2D eigenvalue weighted by atomic mass is 10.0. The van der Waals surface area contributed by atoms with Gasteiger partial charge in [-0.2, -0.15) is 18.2 Å². The average Bonchev–Trinajstić information content (AvgIpc) is 3.47. The van der Waals surface area contributed by atoms with E-state index in [4.69, 9.17) is 9.47 Å². The summed E-state index contributed by atoms with van der Waals surface area (Å²) in [7, 11) is 1.47.